The van der Waals surface area contributed by atoms with Gasteiger partial charge < -0.3 is 30.6 Å². The van der Waals surface area contributed by atoms with Gasteiger partial charge in [-0.3, -0.25) is 0 Å². The molecule has 360 valence electrons. The third kappa shape index (κ3) is 8.30. The molecule has 0 saturated carbocycles. The minimum atomic E-state index is -0.386. The molecule has 0 aliphatic carbocycles. The van der Waals surface area contributed by atoms with Crippen molar-refractivity contribution >= 4 is 0 Å². The minimum absolute atomic E-state index is 0.267. The van der Waals surface area contributed by atoms with Crippen molar-refractivity contribution in [3.63, 3.8) is 0 Å². The number of benzene rings is 7. The number of phenolic OH excluding ortho intramolecular Hbond substituents is 6. The lowest BCUT2D eigenvalue weighted by Crippen LogP contribution is -2.16. The predicted octanol–water partition coefficient (Wildman–Crippen LogP) is 15.0. The van der Waals surface area contributed by atoms with E-state index in [-0.39, 0.29) is 52.3 Å². The Balaban J connectivity index is 1.78. The van der Waals surface area contributed by atoms with Crippen LogP contribution in [0.4, 0.5) is 0 Å². The van der Waals surface area contributed by atoms with Crippen molar-refractivity contribution in [3.8, 4) is 34.5 Å². The lowest BCUT2D eigenvalue weighted by atomic mass is 9.72. The molecule has 0 spiro atoms. The highest BCUT2D eigenvalue weighted by atomic mass is 16.3. The molecule has 0 radical (unpaired) electrons. The summed E-state index contributed by atoms with van der Waals surface area (Å²) in [5.74, 6) is 0.446. The molecule has 6 nitrogen and oxygen atoms in total. The van der Waals surface area contributed by atoms with Crippen LogP contribution in [0.5, 0.6) is 34.5 Å². The number of aromatic hydroxyl groups is 6. The van der Waals surface area contributed by atoms with Crippen LogP contribution in [0.3, 0.4) is 0 Å². The summed E-state index contributed by atoms with van der Waals surface area (Å²) in [6.07, 6.45) is 0. The summed E-state index contributed by atoms with van der Waals surface area (Å²) in [4.78, 5) is 0. The van der Waals surface area contributed by atoms with Crippen molar-refractivity contribution in [2.75, 3.05) is 0 Å². The summed E-state index contributed by atoms with van der Waals surface area (Å²) in [7, 11) is 0. The SMILES string of the molecule is Cc1cc(C(c2cc(C(c3cc(C)c(O)c(C)c3C)c3cc(C)c(O)c(C)c3C)cc(C(c3cc(C)c(O)c(C)c3C)c3cc(C)c(O)c(C)c3C)c2)c2cc(C)c(O)c(C)c2C)c(C)c(C)c1O. The second-order valence-electron chi connectivity index (χ2n) is 20.5. The van der Waals surface area contributed by atoms with Crippen molar-refractivity contribution in [3.05, 3.63) is 205 Å². The molecule has 0 bridgehead atoms. The second-order valence-corrected chi connectivity index (χ2v) is 20.5. The largest absolute Gasteiger partial charge is 0.507 e. The number of rotatable bonds is 9. The van der Waals surface area contributed by atoms with Crippen molar-refractivity contribution < 1.29 is 30.6 Å². The van der Waals surface area contributed by atoms with Crippen LogP contribution < -0.4 is 0 Å². The van der Waals surface area contributed by atoms with Gasteiger partial charge in [0.05, 0.1) is 0 Å². The van der Waals surface area contributed by atoms with Crippen LogP contribution in [-0.4, -0.2) is 30.6 Å². The number of hydrogen-bond donors (Lipinski definition) is 6. The minimum Gasteiger partial charge on any atom is -0.507 e. The van der Waals surface area contributed by atoms with Crippen molar-refractivity contribution in [1.29, 1.82) is 0 Å². The van der Waals surface area contributed by atoms with E-state index in [9.17, 15) is 30.6 Å². The number of hydrogen-bond acceptors (Lipinski definition) is 6. The standard InChI is InChI=1S/C63H72O6/c1-28-19-49(34(7)40(13)58(28)64)55(50-20-29(2)59(65)41(14)35(50)8)46-25-47(56(51-21-30(3)60(66)42(15)36(51)9)52-22-31(4)61(67)43(16)37(52)10)27-48(26-46)57(53-23-32(5)62(68)44(17)38(53)11)54-24-33(6)63(69)45(18)39(54)12/h19-27,55-57,64-69H,1-18H3. The third-order valence-electron chi connectivity index (χ3n) is 16.4. The first-order valence-corrected chi connectivity index (χ1v) is 24.1. The highest BCUT2D eigenvalue weighted by Crippen LogP contribution is 2.50. The number of aryl methyl sites for hydroxylation is 6. The van der Waals surface area contributed by atoms with Crippen molar-refractivity contribution in [2.45, 2.75) is 142 Å². The van der Waals surface area contributed by atoms with Gasteiger partial charge in [0.1, 0.15) is 34.5 Å². The topological polar surface area (TPSA) is 121 Å². The van der Waals surface area contributed by atoms with E-state index in [0.29, 0.717) is 0 Å². The Hall–Kier alpha value is -6.66. The van der Waals surface area contributed by atoms with Crippen LogP contribution in [0.1, 0.15) is 168 Å². The van der Waals surface area contributed by atoms with Crippen LogP contribution in [0, 0.1) is 125 Å². The summed E-state index contributed by atoms with van der Waals surface area (Å²) < 4.78 is 0. The molecular weight excluding hydrogens is 853 g/mol. The second kappa shape index (κ2) is 18.3. The van der Waals surface area contributed by atoms with Gasteiger partial charge in [-0.2, -0.15) is 0 Å². The fraction of sp³-hybridized carbons (Fsp3) is 0.333. The molecule has 0 saturated heterocycles. The molecule has 6 heteroatoms. The summed E-state index contributed by atoms with van der Waals surface area (Å²) in [5, 5.41) is 68.5. The maximum atomic E-state index is 11.4. The van der Waals surface area contributed by atoms with Gasteiger partial charge in [0.25, 0.3) is 0 Å². The Morgan fingerprint density at radius 2 is 0.333 bits per heavy atom. The van der Waals surface area contributed by atoms with Crippen LogP contribution in [-0.2, 0) is 0 Å². The molecule has 0 unspecified atom stereocenters. The van der Waals surface area contributed by atoms with E-state index in [1.807, 2.05) is 83.1 Å². The maximum Gasteiger partial charge on any atom is 0.121 e. The third-order valence-corrected chi connectivity index (χ3v) is 16.4. The summed E-state index contributed by atoms with van der Waals surface area (Å²) in [5.41, 5.74) is 24.4. The van der Waals surface area contributed by atoms with E-state index in [0.717, 1.165) is 150 Å². The Morgan fingerprint density at radius 1 is 0.203 bits per heavy atom. The first-order valence-electron chi connectivity index (χ1n) is 24.1. The fourth-order valence-corrected chi connectivity index (χ4v) is 11.2. The smallest absolute Gasteiger partial charge is 0.121 e. The molecule has 0 atom stereocenters. The molecule has 7 aromatic carbocycles. The van der Waals surface area contributed by atoms with Gasteiger partial charge in [-0.1, -0.05) is 54.6 Å². The number of phenols is 6. The van der Waals surface area contributed by atoms with Gasteiger partial charge in [-0.25, -0.2) is 0 Å². The Morgan fingerprint density at radius 3 is 0.464 bits per heavy atom. The average Bonchev–Trinajstić information content (AvgIpc) is 3.32. The van der Waals surface area contributed by atoms with E-state index in [1.165, 1.54) is 0 Å². The van der Waals surface area contributed by atoms with E-state index in [4.69, 9.17) is 0 Å². The van der Waals surface area contributed by atoms with Gasteiger partial charge >= 0.3 is 0 Å². The van der Waals surface area contributed by atoms with Gasteiger partial charge in [0.15, 0.2) is 0 Å². The molecule has 6 N–H and O–H groups in total. The van der Waals surface area contributed by atoms with E-state index in [1.54, 1.807) is 0 Å². The monoisotopic (exact) mass is 925 g/mol. The predicted molar refractivity (Wildman–Crippen MR) is 283 cm³/mol. The zero-order chi connectivity index (χ0) is 51.1. The summed E-state index contributed by atoms with van der Waals surface area (Å²) >= 11 is 0. The molecule has 7 rings (SSSR count). The quantitative estimate of drug-likeness (QED) is 0.0802. The Kier molecular flexibility index (Phi) is 13.4. The zero-order valence-corrected chi connectivity index (χ0v) is 44.1. The zero-order valence-electron chi connectivity index (χ0n) is 44.1. The molecule has 69 heavy (non-hydrogen) atoms. The fourth-order valence-electron chi connectivity index (χ4n) is 11.2. The lowest BCUT2D eigenvalue weighted by molar-refractivity contribution is 0.465. The molecule has 0 fully saturated rings. The lowest BCUT2D eigenvalue weighted by Gasteiger charge is -2.32. The van der Waals surface area contributed by atoms with E-state index in [2.05, 4.69) is 96.1 Å². The van der Waals surface area contributed by atoms with Crippen LogP contribution in [0.15, 0.2) is 54.6 Å². The highest BCUT2D eigenvalue weighted by molar-refractivity contribution is 5.66. The van der Waals surface area contributed by atoms with E-state index >= 15 is 0 Å². The molecule has 0 heterocycles. The van der Waals surface area contributed by atoms with Crippen molar-refractivity contribution in [1.82, 2.24) is 0 Å². The summed E-state index contributed by atoms with van der Waals surface area (Å²) in [6.45, 7) is 36.0. The van der Waals surface area contributed by atoms with Gasteiger partial charge in [-0.05, 0) is 275 Å². The van der Waals surface area contributed by atoms with Gasteiger partial charge in [0, 0.05) is 17.8 Å². The first-order chi connectivity index (χ1) is 32.2. The Labute approximate surface area is 410 Å². The molecule has 0 amide bonds. The van der Waals surface area contributed by atoms with Crippen molar-refractivity contribution in [2.24, 2.45) is 0 Å². The van der Waals surface area contributed by atoms with E-state index < -0.39 is 0 Å². The normalized spacial score (nSPS) is 11.8. The average molecular weight is 925 g/mol. The molecule has 0 aromatic heterocycles. The molecule has 0 aliphatic heterocycles. The molecule has 0 aliphatic rings. The van der Waals surface area contributed by atoms with Crippen LogP contribution in [0.2, 0.25) is 0 Å². The van der Waals surface area contributed by atoms with Crippen LogP contribution >= 0.6 is 0 Å². The maximum absolute atomic E-state index is 11.4. The Bertz CT molecular complexity index is 2730. The molecular formula is C63H72O6. The summed E-state index contributed by atoms with van der Waals surface area (Å²) in [6, 6.07) is 19.7. The first kappa shape index (κ1) is 50.2. The van der Waals surface area contributed by atoms with Gasteiger partial charge in [-0.15, -0.1) is 0 Å². The van der Waals surface area contributed by atoms with Crippen LogP contribution in [0.25, 0.3) is 0 Å². The highest BCUT2D eigenvalue weighted by Gasteiger charge is 2.33. The van der Waals surface area contributed by atoms with Gasteiger partial charge in [0.2, 0.25) is 0 Å². The molecule has 7 aromatic rings.